The summed E-state index contributed by atoms with van der Waals surface area (Å²) in [6, 6.07) is 0.344. The smallest absolute Gasteiger partial charge is 0.407 e. The van der Waals surface area contributed by atoms with Gasteiger partial charge in [-0.3, -0.25) is 4.79 Å². The Balaban J connectivity index is 2.34. The van der Waals surface area contributed by atoms with E-state index in [4.69, 9.17) is 4.74 Å². The van der Waals surface area contributed by atoms with E-state index in [1.807, 2.05) is 41.5 Å². The zero-order valence-corrected chi connectivity index (χ0v) is 15.4. The molecule has 0 aromatic heterocycles. The van der Waals surface area contributed by atoms with Gasteiger partial charge < -0.3 is 20.7 Å². The third kappa shape index (κ3) is 9.43. The Kier molecular flexibility index (Phi) is 6.86. The summed E-state index contributed by atoms with van der Waals surface area (Å²) in [6.45, 7) is 11.8. The standard InChI is InChI=1S/C17H33N3O3/c1-16(2,3)20-14(21)11-18-12-8-7-9-13(10-12)19-15(22)23-17(4,5)6/h12-13,18H,7-11H2,1-6H3,(H,19,22)(H,20,21). The SMILES string of the molecule is CC(C)(C)NC(=O)CNC1CCCC(NC(=O)OC(C)(C)C)C1. The van der Waals surface area contributed by atoms with Crippen molar-refractivity contribution >= 4 is 12.0 Å². The van der Waals surface area contributed by atoms with Gasteiger partial charge in [-0.05, 0) is 67.2 Å². The molecule has 134 valence electrons. The van der Waals surface area contributed by atoms with E-state index in [9.17, 15) is 9.59 Å². The lowest BCUT2D eigenvalue weighted by molar-refractivity contribution is -0.121. The first kappa shape index (κ1) is 19.7. The first-order chi connectivity index (χ1) is 10.4. The third-order valence-corrected chi connectivity index (χ3v) is 3.46. The number of alkyl carbamates (subject to hydrolysis) is 1. The van der Waals surface area contributed by atoms with Crippen molar-refractivity contribution in [1.82, 2.24) is 16.0 Å². The molecule has 0 aromatic carbocycles. The largest absolute Gasteiger partial charge is 0.444 e. The van der Waals surface area contributed by atoms with Crippen molar-refractivity contribution in [3.05, 3.63) is 0 Å². The van der Waals surface area contributed by atoms with Crippen molar-refractivity contribution in [2.45, 2.75) is 90.4 Å². The molecule has 0 aliphatic heterocycles. The minimum Gasteiger partial charge on any atom is -0.444 e. The van der Waals surface area contributed by atoms with Crippen LogP contribution in [0, 0.1) is 0 Å². The number of carbonyl (C=O) groups excluding carboxylic acids is 2. The Morgan fingerprint density at radius 3 is 2.22 bits per heavy atom. The first-order valence-electron chi connectivity index (χ1n) is 8.48. The van der Waals surface area contributed by atoms with Crippen LogP contribution in [-0.2, 0) is 9.53 Å². The molecule has 6 nitrogen and oxygen atoms in total. The summed E-state index contributed by atoms with van der Waals surface area (Å²) in [5.41, 5.74) is -0.701. The molecule has 1 rings (SSSR count). The molecule has 1 fully saturated rings. The van der Waals surface area contributed by atoms with Crippen molar-refractivity contribution in [2.75, 3.05) is 6.54 Å². The molecule has 0 radical (unpaired) electrons. The molecule has 3 N–H and O–H groups in total. The molecule has 0 spiro atoms. The Hall–Kier alpha value is -1.30. The molecule has 1 aliphatic carbocycles. The molecule has 0 aromatic rings. The fraction of sp³-hybridized carbons (Fsp3) is 0.882. The predicted molar refractivity (Wildman–Crippen MR) is 91.3 cm³/mol. The number of hydrogen-bond acceptors (Lipinski definition) is 4. The van der Waals surface area contributed by atoms with Gasteiger partial charge in [-0.2, -0.15) is 0 Å². The van der Waals surface area contributed by atoms with Crippen LogP contribution < -0.4 is 16.0 Å². The van der Waals surface area contributed by atoms with E-state index in [1.54, 1.807) is 0 Å². The fourth-order valence-electron chi connectivity index (χ4n) is 2.68. The summed E-state index contributed by atoms with van der Waals surface area (Å²) in [6.07, 6.45) is 3.45. The quantitative estimate of drug-likeness (QED) is 0.740. The van der Waals surface area contributed by atoms with E-state index in [0.29, 0.717) is 6.54 Å². The van der Waals surface area contributed by atoms with Crippen molar-refractivity contribution < 1.29 is 14.3 Å². The molecule has 6 heteroatoms. The lowest BCUT2D eigenvalue weighted by atomic mass is 9.91. The summed E-state index contributed by atoms with van der Waals surface area (Å²) in [5.74, 6) is -0.000255. The van der Waals surface area contributed by atoms with Gasteiger partial charge in [0.05, 0.1) is 6.54 Å². The van der Waals surface area contributed by atoms with Crippen molar-refractivity contribution in [1.29, 1.82) is 0 Å². The maximum atomic E-state index is 11.9. The highest BCUT2D eigenvalue weighted by Gasteiger charge is 2.25. The van der Waals surface area contributed by atoms with Crippen LogP contribution in [0.5, 0.6) is 0 Å². The fourth-order valence-corrected chi connectivity index (χ4v) is 2.68. The normalized spacial score (nSPS) is 22.3. The summed E-state index contributed by atoms with van der Waals surface area (Å²) in [5, 5.41) is 9.16. The van der Waals surface area contributed by atoms with Crippen LogP contribution in [0.2, 0.25) is 0 Å². The maximum Gasteiger partial charge on any atom is 0.407 e. The number of amides is 2. The Morgan fingerprint density at radius 1 is 1.04 bits per heavy atom. The van der Waals surface area contributed by atoms with Gasteiger partial charge in [0.25, 0.3) is 0 Å². The second-order valence-corrected chi connectivity index (χ2v) is 8.39. The van der Waals surface area contributed by atoms with Gasteiger partial charge in [0, 0.05) is 17.6 Å². The van der Waals surface area contributed by atoms with E-state index in [2.05, 4.69) is 16.0 Å². The van der Waals surface area contributed by atoms with E-state index < -0.39 is 5.60 Å². The van der Waals surface area contributed by atoms with Gasteiger partial charge in [-0.1, -0.05) is 0 Å². The molecule has 1 saturated carbocycles. The summed E-state index contributed by atoms with van der Waals surface area (Å²) in [4.78, 5) is 23.7. The Morgan fingerprint density at radius 2 is 1.65 bits per heavy atom. The van der Waals surface area contributed by atoms with Gasteiger partial charge in [0.2, 0.25) is 5.91 Å². The summed E-state index contributed by atoms with van der Waals surface area (Å²) in [7, 11) is 0. The monoisotopic (exact) mass is 327 g/mol. The highest BCUT2D eigenvalue weighted by atomic mass is 16.6. The molecule has 23 heavy (non-hydrogen) atoms. The van der Waals surface area contributed by atoms with E-state index in [1.165, 1.54) is 0 Å². The van der Waals surface area contributed by atoms with Gasteiger partial charge in [0.1, 0.15) is 5.60 Å². The molecule has 2 atom stereocenters. The van der Waals surface area contributed by atoms with Gasteiger partial charge in [0.15, 0.2) is 0 Å². The van der Waals surface area contributed by atoms with Gasteiger partial charge in [-0.15, -0.1) is 0 Å². The minimum absolute atomic E-state index is 0.000255. The van der Waals surface area contributed by atoms with Crippen LogP contribution in [0.4, 0.5) is 4.79 Å². The lowest BCUT2D eigenvalue weighted by Crippen LogP contribution is -2.49. The number of hydrogen-bond donors (Lipinski definition) is 3. The van der Waals surface area contributed by atoms with Crippen molar-refractivity contribution in [3.8, 4) is 0 Å². The summed E-state index contributed by atoms with van der Waals surface area (Å²) >= 11 is 0. The molecular formula is C17H33N3O3. The number of carbonyl (C=O) groups is 2. The van der Waals surface area contributed by atoms with Crippen molar-refractivity contribution in [2.24, 2.45) is 0 Å². The van der Waals surface area contributed by atoms with Crippen LogP contribution in [0.15, 0.2) is 0 Å². The topological polar surface area (TPSA) is 79.5 Å². The number of rotatable bonds is 4. The molecule has 0 bridgehead atoms. The van der Waals surface area contributed by atoms with E-state index >= 15 is 0 Å². The molecule has 0 saturated heterocycles. The van der Waals surface area contributed by atoms with Crippen LogP contribution in [0.1, 0.15) is 67.2 Å². The molecule has 2 amide bonds. The second kappa shape index (κ2) is 7.99. The average Bonchev–Trinajstić information content (AvgIpc) is 2.32. The van der Waals surface area contributed by atoms with Crippen molar-refractivity contribution in [3.63, 3.8) is 0 Å². The highest BCUT2D eigenvalue weighted by Crippen LogP contribution is 2.19. The second-order valence-electron chi connectivity index (χ2n) is 8.39. The minimum atomic E-state index is -0.485. The van der Waals surface area contributed by atoms with Crippen LogP contribution in [0.3, 0.4) is 0 Å². The number of ether oxygens (including phenoxy) is 1. The first-order valence-corrected chi connectivity index (χ1v) is 8.48. The number of nitrogens with one attached hydrogen (secondary N) is 3. The maximum absolute atomic E-state index is 11.9. The van der Waals surface area contributed by atoms with Crippen LogP contribution in [-0.4, -0.2) is 41.8 Å². The highest BCUT2D eigenvalue weighted by molar-refractivity contribution is 5.78. The van der Waals surface area contributed by atoms with Gasteiger partial charge in [-0.25, -0.2) is 4.79 Å². The van der Waals surface area contributed by atoms with Crippen LogP contribution in [0.25, 0.3) is 0 Å². The van der Waals surface area contributed by atoms with E-state index in [-0.39, 0.29) is 29.6 Å². The Labute approximate surface area is 140 Å². The molecule has 2 unspecified atom stereocenters. The zero-order valence-electron chi connectivity index (χ0n) is 15.4. The zero-order chi connectivity index (χ0) is 17.7. The third-order valence-electron chi connectivity index (χ3n) is 3.46. The van der Waals surface area contributed by atoms with Gasteiger partial charge >= 0.3 is 6.09 Å². The van der Waals surface area contributed by atoms with Crippen LogP contribution >= 0.6 is 0 Å². The Bertz CT molecular complexity index is 410. The summed E-state index contributed by atoms with van der Waals surface area (Å²) < 4.78 is 5.29. The lowest BCUT2D eigenvalue weighted by Gasteiger charge is -2.31. The average molecular weight is 327 g/mol. The van der Waals surface area contributed by atoms with E-state index in [0.717, 1.165) is 25.7 Å². The molecular weight excluding hydrogens is 294 g/mol. The predicted octanol–water partition coefficient (Wildman–Crippen LogP) is 2.33. The molecule has 0 heterocycles. The molecule has 1 aliphatic rings.